The largest absolute Gasteiger partial charge is 0.456 e. The van der Waals surface area contributed by atoms with Crippen molar-refractivity contribution < 1.29 is 5.79 Å². The van der Waals surface area contributed by atoms with Crippen molar-refractivity contribution in [2.24, 2.45) is 0 Å². The van der Waals surface area contributed by atoms with Crippen LogP contribution in [0.15, 0.2) is 217 Å². The topological polar surface area (TPSA) is 16.4 Å². The number of fused-ring (bicyclic) bond motifs is 1. The Kier molecular flexibility index (Phi) is 7.94. The summed E-state index contributed by atoms with van der Waals surface area (Å²) < 4.78 is 14.1. The molecule has 0 unspecified atom stereocenters. The van der Waals surface area contributed by atoms with Gasteiger partial charge in [0.05, 0.1) is 1.37 Å². The Bertz CT molecular complexity index is 2590. The monoisotopic (exact) mass is 666 g/mol. The predicted octanol–water partition coefficient (Wildman–Crippen LogP) is 14.2. The van der Waals surface area contributed by atoms with Crippen LogP contribution in [0.25, 0.3) is 66.8 Å². The molecule has 1 aromatic heterocycles. The minimum atomic E-state index is 0.511. The molecule has 8 aromatic carbocycles. The molecule has 0 saturated heterocycles. The van der Waals surface area contributed by atoms with Crippen LogP contribution in [0.2, 0.25) is 0 Å². The van der Waals surface area contributed by atoms with Crippen molar-refractivity contribution in [3.8, 4) is 55.8 Å². The van der Waals surface area contributed by atoms with Crippen molar-refractivity contribution in [3.05, 3.63) is 212 Å². The maximum absolute atomic E-state index is 7.88. The molecule has 0 amide bonds. The number of nitrogens with zero attached hydrogens (tertiary/aromatic N) is 1. The molecule has 0 aliphatic heterocycles. The molecule has 9 aromatic rings. The third-order valence-corrected chi connectivity index (χ3v) is 9.66. The smallest absolute Gasteiger partial charge is 0.135 e. The van der Waals surface area contributed by atoms with Gasteiger partial charge in [0.2, 0.25) is 0 Å². The van der Waals surface area contributed by atoms with E-state index in [1.54, 1.807) is 0 Å². The Morgan fingerprint density at radius 2 is 0.731 bits per heavy atom. The quantitative estimate of drug-likeness (QED) is 0.160. The number of benzene rings is 8. The third-order valence-electron chi connectivity index (χ3n) is 9.66. The lowest BCUT2D eigenvalue weighted by atomic mass is 9.99. The minimum Gasteiger partial charge on any atom is -0.456 e. The molecule has 0 saturated carbocycles. The lowest BCUT2D eigenvalue weighted by molar-refractivity contribution is 0.631. The van der Waals surface area contributed by atoms with Gasteiger partial charge in [-0.05, 0) is 99.1 Å². The summed E-state index contributed by atoms with van der Waals surface area (Å²) in [4.78, 5) is 2.30. The van der Waals surface area contributed by atoms with Crippen molar-refractivity contribution in [2.75, 3.05) is 4.90 Å². The van der Waals surface area contributed by atoms with Gasteiger partial charge in [-0.25, -0.2) is 0 Å². The molecule has 0 spiro atoms. The van der Waals surface area contributed by atoms with Gasteiger partial charge in [-0.15, -0.1) is 0 Å². The molecule has 0 atom stereocenters. The van der Waals surface area contributed by atoms with Crippen LogP contribution in [0.1, 0.15) is 1.37 Å². The predicted molar refractivity (Wildman–Crippen MR) is 218 cm³/mol. The van der Waals surface area contributed by atoms with Gasteiger partial charge in [0.1, 0.15) is 11.3 Å². The van der Waals surface area contributed by atoms with Crippen LogP contribution in [0.4, 0.5) is 17.1 Å². The number of hydrogen-bond donors (Lipinski definition) is 0. The first-order chi connectivity index (χ1) is 26.1. The number of hydrogen-bond acceptors (Lipinski definition) is 2. The van der Waals surface area contributed by atoms with E-state index in [2.05, 4.69) is 163 Å². The van der Waals surface area contributed by atoms with Crippen LogP contribution < -0.4 is 4.90 Å². The summed E-state index contributed by atoms with van der Waals surface area (Å²) in [6.07, 6.45) is 0. The fourth-order valence-corrected chi connectivity index (χ4v) is 6.90. The first-order valence-corrected chi connectivity index (χ1v) is 17.6. The zero-order valence-electron chi connectivity index (χ0n) is 29.5. The number of furan rings is 1. The van der Waals surface area contributed by atoms with E-state index in [1.807, 2.05) is 48.5 Å². The normalized spacial score (nSPS) is 11.3. The minimum absolute atomic E-state index is 0.511. The molecule has 1 heterocycles. The zero-order valence-corrected chi connectivity index (χ0v) is 28.5. The summed E-state index contributed by atoms with van der Waals surface area (Å²) in [5, 5.41) is 1.10. The molecule has 0 radical (unpaired) electrons. The number of rotatable bonds is 8. The molecule has 0 bridgehead atoms. The fraction of sp³-hybridized carbons (Fsp3) is 0. The van der Waals surface area contributed by atoms with Crippen LogP contribution in [0.3, 0.4) is 0 Å². The number of anilines is 3. The first kappa shape index (κ1) is 30.0. The van der Waals surface area contributed by atoms with Gasteiger partial charge in [-0.3, -0.25) is 0 Å². The first-order valence-electron chi connectivity index (χ1n) is 18.1. The molecule has 2 heteroatoms. The van der Waals surface area contributed by atoms with Gasteiger partial charge in [-0.2, -0.15) is 0 Å². The van der Waals surface area contributed by atoms with E-state index in [4.69, 9.17) is 5.79 Å². The van der Waals surface area contributed by atoms with E-state index in [-0.39, 0.29) is 0 Å². The fourth-order valence-electron chi connectivity index (χ4n) is 6.90. The van der Waals surface area contributed by atoms with Crippen LogP contribution in [0.5, 0.6) is 0 Å². The molecule has 0 aliphatic carbocycles. The van der Waals surface area contributed by atoms with E-state index < -0.39 is 0 Å². The SMILES string of the molecule is [2H]c1ccc(-c2ccc(N(c3ccc(-c4ccc(-c5ccccc5)cc4)cc3)c3ccc(-c4cccc(-c5cc6ccccc6o5)c4)cc3)cc2)cc1. The highest BCUT2D eigenvalue weighted by Gasteiger charge is 2.15. The van der Waals surface area contributed by atoms with E-state index in [1.165, 1.54) is 22.3 Å². The maximum Gasteiger partial charge on any atom is 0.135 e. The Morgan fingerprint density at radius 1 is 0.327 bits per heavy atom. The highest BCUT2D eigenvalue weighted by Crippen LogP contribution is 2.38. The summed E-state index contributed by atoms with van der Waals surface area (Å²) in [6.45, 7) is 0. The molecule has 246 valence electrons. The molecule has 0 fully saturated rings. The number of para-hydroxylation sites is 1. The van der Waals surface area contributed by atoms with Gasteiger partial charge in [0, 0.05) is 28.0 Å². The van der Waals surface area contributed by atoms with Crippen molar-refractivity contribution in [1.82, 2.24) is 0 Å². The van der Waals surface area contributed by atoms with Crippen LogP contribution in [-0.4, -0.2) is 0 Å². The lowest BCUT2D eigenvalue weighted by Crippen LogP contribution is -2.09. The average molecular weight is 667 g/mol. The van der Waals surface area contributed by atoms with Crippen LogP contribution in [0, 0.1) is 0 Å². The second-order valence-electron chi connectivity index (χ2n) is 12.9. The molecule has 52 heavy (non-hydrogen) atoms. The molecule has 9 rings (SSSR count). The summed E-state index contributed by atoms with van der Waals surface area (Å²) in [5.74, 6) is 0.866. The highest BCUT2D eigenvalue weighted by molar-refractivity contribution is 5.85. The van der Waals surface area contributed by atoms with Crippen molar-refractivity contribution in [2.45, 2.75) is 0 Å². The highest BCUT2D eigenvalue weighted by atomic mass is 16.3. The van der Waals surface area contributed by atoms with Gasteiger partial charge in [0.15, 0.2) is 0 Å². The lowest BCUT2D eigenvalue weighted by Gasteiger charge is -2.26. The Labute approximate surface area is 305 Å². The summed E-state index contributed by atoms with van der Waals surface area (Å²) in [5.41, 5.74) is 14.4. The molecule has 2 nitrogen and oxygen atoms in total. The average Bonchev–Trinajstić information content (AvgIpc) is 3.67. The van der Waals surface area contributed by atoms with E-state index in [0.29, 0.717) is 6.04 Å². The Balaban J connectivity index is 1.04. The van der Waals surface area contributed by atoms with Gasteiger partial charge in [-0.1, -0.05) is 158 Å². The van der Waals surface area contributed by atoms with Crippen molar-refractivity contribution >= 4 is 28.0 Å². The molecular weight excluding hydrogens is 631 g/mol. The molecule has 0 N–H and O–H groups in total. The van der Waals surface area contributed by atoms with E-state index in [0.717, 1.165) is 61.6 Å². The maximum atomic E-state index is 7.88. The van der Waals surface area contributed by atoms with Crippen LogP contribution in [-0.2, 0) is 0 Å². The van der Waals surface area contributed by atoms with E-state index in [9.17, 15) is 0 Å². The van der Waals surface area contributed by atoms with Gasteiger partial charge in [0.25, 0.3) is 0 Å². The zero-order chi connectivity index (χ0) is 35.6. The standard InChI is InChI=1S/C50H35NO/c1-3-10-36(11-4-1)38-18-20-39(21-19-38)41-24-30-47(31-25-41)51(46-28-22-40(23-29-46)37-12-5-2-6-13-37)48-32-26-42(27-33-48)43-15-9-16-44(34-43)50-35-45-14-7-8-17-49(45)52-50/h1-35H/i2D. The Hall–Kier alpha value is -6.90. The third kappa shape index (κ3) is 6.30. The van der Waals surface area contributed by atoms with Crippen LogP contribution >= 0.6 is 0 Å². The second-order valence-corrected chi connectivity index (χ2v) is 12.9. The summed E-state index contributed by atoms with van der Waals surface area (Å²) in [6, 6.07) is 72.5. The van der Waals surface area contributed by atoms with Crippen molar-refractivity contribution in [3.63, 3.8) is 0 Å². The van der Waals surface area contributed by atoms with Gasteiger partial charge < -0.3 is 9.32 Å². The van der Waals surface area contributed by atoms with Crippen molar-refractivity contribution in [1.29, 1.82) is 0 Å². The summed E-state index contributed by atoms with van der Waals surface area (Å²) in [7, 11) is 0. The summed E-state index contributed by atoms with van der Waals surface area (Å²) >= 11 is 0. The molecular formula is C50H35NO. The van der Waals surface area contributed by atoms with E-state index >= 15 is 0 Å². The second kappa shape index (κ2) is 13.8. The Morgan fingerprint density at radius 3 is 1.27 bits per heavy atom. The van der Waals surface area contributed by atoms with Gasteiger partial charge >= 0.3 is 0 Å². The molecule has 0 aliphatic rings.